The summed E-state index contributed by atoms with van der Waals surface area (Å²) >= 11 is 0. The van der Waals surface area contributed by atoms with Gasteiger partial charge in [0.15, 0.2) is 0 Å². The molecule has 3 fully saturated rings. The molecule has 33 heavy (non-hydrogen) atoms. The van der Waals surface area contributed by atoms with Gasteiger partial charge >= 0.3 is 51.4 Å². The maximum Gasteiger partial charge on any atom is 1.00 e. The quantitative estimate of drug-likeness (QED) is 0.184. The summed E-state index contributed by atoms with van der Waals surface area (Å²) in [6, 6.07) is 0. The molecule has 3 N–H and O–H groups in total. The molecule has 2 saturated heterocycles. The first-order chi connectivity index (χ1) is 15.5. The molecule has 178 valence electrons. The number of nitrogens with two attached hydrogens (primary N) is 1. The van der Waals surface area contributed by atoms with Gasteiger partial charge in [-0.15, -0.1) is 0 Å². The van der Waals surface area contributed by atoms with E-state index in [2.05, 4.69) is 28.6 Å². The molecule has 0 radical (unpaired) electrons. The number of nitrogens with zero attached hydrogens (tertiary/aromatic N) is 3. The van der Waals surface area contributed by atoms with Gasteiger partial charge in [-0.3, -0.25) is 0 Å². The summed E-state index contributed by atoms with van der Waals surface area (Å²) in [4.78, 5) is 4.80. The Kier molecular flexibility index (Phi) is 12.4. The second kappa shape index (κ2) is 14.2. The molecule has 0 spiro atoms. The van der Waals surface area contributed by atoms with Crippen molar-refractivity contribution in [2.75, 3.05) is 52.9 Å². The fourth-order valence-corrected chi connectivity index (χ4v) is 4.15. The van der Waals surface area contributed by atoms with Crippen molar-refractivity contribution in [3.05, 3.63) is 53.4 Å². The van der Waals surface area contributed by atoms with Gasteiger partial charge in [-0.1, -0.05) is 31.6 Å². The van der Waals surface area contributed by atoms with Crippen molar-refractivity contribution in [1.29, 1.82) is 5.41 Å². The van der Waals surface area contributed by atoms with Gasteiger partial charge in [-0.25, -0.2) is 0 Å². The number of piperazine rings is 1. The van der Waals surface area contributed by atoms with Crippen LogP contribution in [0.4, 0.5) is 0 Å². The summed E-state index contributed by atoms with van der Waals surface area (Å²) < 4.78 is 11.9. The third-order valence-corrected chi connectivity index (χ3v) is 6.42. The number of hydrogen-bond donors (Lipinski definition) is 2. The second-order valence-corrected chi connectivity index (χ2v) is 9.12. The van der Waals surface area contributed by atoms with Gasteiger partial charge in [0, 0.05) is 31.8 Å². The van der Waals surface area contributed by atoms with Crippen LogP contribution in [0.5, 0.6) is 0 Å². The Morgan fingerprint density at radius 2 is 2.03 bits per heavy atom. The van der Waals surface area contributed by atoms with Crippen LogP contribution in [0.25, 0.3) is 5.32 Å². The van der Waals surface area contributed by atoms with Crippen molar-refractivity contribution in [3.8, 4) is 0 Å². The zero-order valence-electron chi connectivity index (χ0n) is 20.8. The van der Waals surface area contributed by atoms with Crippen molar-refractivity contribution in [1.82, 2.24) is 9.80 Å². The molecule has 0 aromatic carbocycles. The molecular formula is C25H40KN5O2. The number of allylic oxidation sites excluding steroid dienone is 4. The van der Waals surface area contributed by atoms with Crippen molar-refractivity contribution in [2.45, 2.75) is 50.7 Å². The molecule has 0 amide bonds. The smallest absolute Gasteiger partial charge is 0.488 e. The van der Waals surface area contributed by atoms with E-state index in [9.17, 15) is 0 Å². The molecule has 8 heteroatoms. The topological polar surface area (TPSA) is 88.9 Å². The van der Waals surface area contributed by atoms with Crippen LogP contribution in [0.2, 0.25) is 0 Å². The summed E-state index contributed by atoms with van der Waals surface area (Å²) in [6.45, 7) is 12.0. The summed E-state index contributed by atoms with van der Waals surface area (Å²) in [6.07, 6.45) is 12.8. The third-order valence-electron chi connectivity index (χ3n) is 6.42. The van der Waals surface area contributed by atoms with Crippen molar-refractivity contribution in [2.24, 2.45) is 5.73 Å². The molecule has 0 aromatic heterocycles. The van der Waals surface area contributed by atoms with E-state index in [1.54, 1.807) is 6.08 Å². The fraction of sp³-hybridized carbons (Fsp3) is 0.640. The number of nitrogens with one attached hydrogen (secondary N) is 1. The molecule has 0 aromatic rings. The van der Waals surface area contributed by atoms with Crippen LogP contribution in [-0.2, 0) is 9.47 Å². The molecule has 7 nitrogen and oxygen atoms in total. The van der Waals surface area contributed by atoms with E-state index < -0.39 is 0 Å². The maximum atomic E-state index is 8.57. The Hall–Kier alpha value is -0.454. The van der Waals surface area contributed by atoms with Crippen LogP contribution in [0.1, 0.15) is 39.0 Å². The molecule has 1 unspecified atom stereocenters. The minimum Gasteiger partial charge on any atom is -0.488 e. The van der Waals surface area contributed by atoms with Crippen LogP contribution in [0.15, 0.2) is 48.0 Å². The molecular weight excluding hydrogens is 441 g/mol. The molecule has 1 atom stereocenters. The summed E-state index contributed by atoms with van der Waals surface area (Å²) in [5, 5.41) is 13.1. The van der Waals surface area contributed by atoms with Crippen LogP contribution in [0, 0.1) is 5.41 Å². The Morgan fingerprint density at radius 1 is 1.30 bits per heavy atom. The average molecular weight is 482 g/mol. The first-order valence-electron chi connectivity index (χ1n) is 11.9. The van der Waals surface area contributed by atoms with Gasteiger partial charge in [0.25, 0.3) is 0 Å². The zero-order valence-corrected chi connectivity index (χ0v) is 23.9. The van der Waals surface area contributed by atoms with Gasteiger partial charge in [0.1, 0.15) is 11.4 Å². The van der Waals surface area contributed by atoms with Crippen LogP contribution in [-0.4, -0.2) is 80.1 Å². The number of hydrogen-bond acceptors (Lipinski definition) is 6. The summed E-state index contributed by atoms with van der Waals surface area (Å²) in [7, 11) is 1.82. The van der Waals surface area contributed by atoms with Crippen molar-refractivity contribution >= 4 is 5.71 Å². The zero-order chi connectivity index (χ0) is 23.0. The van der Waals surface area contributed by atoms with Gasteiger partial charge in [0.05, 0.1) is 6.10 Å². The third kappa shape index (κ3) is 9.26. The minimum atomic E-state index is -0.0898. The monoisotopic (exact) mass is 481 g/mol. The standard InChI is InChI=1S/C25H40N5O2.K/c1-4-6-21(32-25(2)10-11-25)17-20(18-26)23(27)8-9-24(28-3)30-14-12-29(13-15-30)19-22-7-5-16-31-22;/h4,6,9,17,22,27H,1,5,7-8,10-16,18-19,26H2,2-3H3;/q-1;+1/b20-17+,21-6+,24-9+,27-23?;. The van der Waals surface area contributed by atoms with E-state index >= 15 is 0 Å². The van der Waals surface area contributed by atoms with Crippen LogP contribution >= 0.6 is 0 Å². The molecule has 1 aliphatic carbocycles. The van der Waals surface area contributed by atoms with Crippen molar-refractivity contribution < 1.29 is 60.9 Å². The van der Waals surface area contributed by atoms with Crippen LogP contribution < -0.4 is 57.1 Å². The van der Waals surface area contributed by atoms with E-state index in [1.165, 1.54) is 12.8 Å². The predicted molar refractivity (Wildman–Crippen MR) is 131 cm³/mol. The maximum absolute atomic E-state index is 8.57. The van der Waals surface area contributed by atoms with Gasteiger partial charge < -0.3 is 35.7 Å². The Morgan fingerprint density at radius 3 is 2.58 bits per heavy atom. The minimum absolute atomic E-state index is 0. The van der Waals surface area contributed by atoms with Gasteiger partial charge in [-0.05, 0) is 76.5 Å². The van der Waals surface area contributed by atoms with Crippen molar-refractivity contribution in [3.63, 3.8) is 0 Å². The SMILES string of the molecule is C=C/C=C(\C=C(/CN)C(=N)C/C=C(\[N-]C)N1CCN(CC2CCCO2)CC1)OC1(C)CC1.[K+]. The molecule has 3 rings (SSSR count). The Balaban J connectivity index is 0.00000385. The van der Waals surface area contributed by atoms with E-state index in [0.717, 1.165) is 69.3 Å². The Bertz CT molecular complexity index is 746. The van der Waals surface area contributed by atoms with Gasteiger partial charge in [-0.2, -0.15) is 0 Å². The fourth-order valence-electron chi connectivity index (χ4n) is 4.15. The molecule has 3 aliphatic rings. The normalized spacial score (nSPS) is 23.7. The van der Waals surface area contributed by atoms with Crippen LogP contribution in [0.3, 0.4) is 0 Å². The molecule has 2 heterocycles. The summed E-state index contributed by atoms with van der Waals surface area (Å²) in [5.74, 6) is 1.67. The van der Waals surface area contributed by atoms with E-state index in [1.807, 2.05) is 25.3 Å². The Labute approximate surface area is 242 Å². The van der Waals surface area contributed by atoms with E-state index in [-0.39, 0.29) is 57.0 Å². The van der Waals surface area contributed by atoms with E-state index in [4.69, 9.17) is 20.6 Å². The molecule has 1 saturated carbocycles. The van der Waals surface area contributed by atoms with E-state index in [0.29, 0.717) is 24.8 Å². The van der Waals surface area contributed by atoms with Gasteiger partial charge in [0.2, 0.25) is 0 Å². The second-order valence-electron chi connectivity index (χ2n) is 9.12. The number of rotatable bonds is 12. The first kappa shape index (κ1) is 28.8. The largest absolute Gasteiger partial charge is 1.00 e. The molecule has 0 bridgehead atoms. The summed E-state index contributed by atoms with van der Waals surface area (Å²) in [5.41, 5.74) is 7.15. The predicted octanol–water partition coefficient (Wildman–Crippen LogP) is 0.566. The first-order valence-corrected chi connectivity index (χ1v) is 11.9. The average Bonchev–Trinajstić information content (AvgIpc) is 3.29. The number of ether oxygens (including phenoxy) is 2. The molecule has 2 aliphatic heterocycles.